The van der Waals surface area contributed by atoms with E-state index in [0.717, 1.165) is 17.8 Å². The summed E-state index contributed by atoms with van der Waals surface area (Å²) in [7, 11) is 0. The van der Waals surface area contributed by atoms with E-state index in [-0.39, 0.29) is 5.82 Å². The Bertz CT molecular complexity index is 610. The molecular weight excluding hydrogens is 265 g/mol. The minimum atomic E-state index is -0.204. The van der Waals surface area contributed by atoms with E-state index in [4.69, 9.17) is 0 Å². The molecule has 0 amide bonds. The minimum absolute atomic E-state index is 0.204. The van der Waals surface area contributed by atoms with Gasteiger partial charge in [-0.3, -0.25) is 4.98 Å². The maximum atomic E-state index is 14.1. The summed E-state index contributed by atoms with van der Waals surface area (Å²) in [6.07, 6.45) is 6.12. The maximum absolute atomic E-state index is 14.1. The Labute approximate surface area is 124 Å². The molecule has 1 N–H and O–H groups in total. The van der Waals surface area contributed by atoms with Crippen molar-refractivity contribution in [2.24, 2.45) is 0 Å². The SMILES string of the molecule is CCN(c1ccccc1F)c1cnccc1CNC1CC1. The molecule has 0 spiro atoms. The molecule has 0 bridgehead atoms. The molecule has 1 aliphatic carbocycles. The van der Waals surface area contributed by atoms with Crippen molar-refractivity contribution in [2.45, 2.75) is 32.4 Å². The highest BCUT2D eigenvalue weighted by Crippen LogP contribution is 2.30. The number of nitrogens with zero attached hydrogens (tertiary/aromatic N) is 2. The van der Waals surface area contributed by atoms with E-state index in [1.54, 1.807) is 12.3 Å². The lowest BCUT2D eigenvalue weighted by Gasteiger charge is -2.26. The second-order valence-corrected chi connectivity index (χ2v) is 5.36. The molecule has 1 fully saturated rings. The van der Waals surface area contributed by atoms with Crippen molar-refractivity contribution in [1.29, 1.82) is 0 Å². The molecule has 110 valence electrons. The molecule has 3 rings (SSSR count). The average molecular weight is 285 g/mol. The van der Waals surface area contributed by atoms with Crippen LogP contribution in [0.3, 0.4) is 0 Å². The molecule has 1 heterocycles. The van der Waals surface area contributed by atoms with E-state index in [1.165, 1.54) is 18.9 Å². The van der Waals surface area contributed by atoms with Crippen LogP contribution in [0.2, 0.25) is 0 Å². The zero-order chi connectivity index (χ0) is 14.7. The van der Waals surface area contributed by atoms with Crippen molar-refractivity contribution in [3.05, 3.63) is 54.1 Å². The second-order valence-electron chi connectivity index (χ2n) is 5.36. The highest BCUT2D eigenvalue weighted by molar-refractivity contribution is 5.66. The molecule has 0 saturated heterocycles. The van der Waals surface area contributed by atoms with Gasteiger partial charge < -0.3 is 10.2 Å². The van der Waals surface area contributed by atoms with Crippen molar-refractivity contribution >= 4 is 11.4 Å². The Morgan fingerprint density at radius 3 is 2.76 bits per heavy atom. The van der Waals surface area contributed by atoms with Gasteiger partial charge in [0.25, 0.3) is 0 Å². The van der Waals surface area contributed by atoms with E-state index in [0.29, 0.717) is 18.3 Å². The van der Waals surface area contributed by atoms with Crippen molar-refractivity contribution in [3.63, 3.8) is 0 Å². The van der Waals surface area contributed by atoms with Gasteiger partial charge in [0, 0.05) is 25.3 Å². The summed E-state index contributed by atoms with van der Waals surface area (Å²) >= 11 is 0. The van der Waals surface area contributed by atoms with Crippen LogP contribution in [0.5, 0.6) is 0 Å². The molecule has 0 radical (unpaired) electrons. The van der Waals surface area contributed by atoms with Gasteiger partial charge in [0.2, 0.25) is 0 Å². The van der Waals surface area contributed by atoms with Crippen LogP contribution in [0.1, 0.15) is 25.3 Å². The summed E-state index contributed by atoms with van der Waals surface area (Å²) in [5, 5.41) is 3.51. The number of hydrogen-bond donors (Lipinski definition) is 1. The summed E-state index contributed by atoms with van der Waals surface area (Å²) < 4.78 is 14.1. The minimum Gasteiger partial charge on any atom is -0.338 e. The monoisotopic (exact) mass is 285 g/mol. The molecule has 4 heteroatoms. The molecule has 3 nitrogen and oxygen atoms in total. The van der Waals surface area contributed by atoms with E-state index in [1.807, 2.05) is 36.2 Å². The molecule has 0 atom stereocenters. The van der Waals surface area contributed by atoms with Crippen molar-refractivity contribution in [1.82, 2.24) is 10.3 Å². The fourth-order valence-electron chi connectivity index (χ4n) is 2.49. The first-order chi connectivity index (χ1) is 10.3. The third-order valence-electron chi connectivity index (χ3n) is 3.80. The number of pyridine rings is 1. The number of rotatable bonds is 6. The van der Waals surface area contributed by atoms with Gasteiger partial charge in [0.1, 0.15) is 5.82 Å². The summed E-state index contributed by atoms with van der Waals surface area (Å²) in [5.74, 6) is -0.204. The molecule has 0 unspecified atom stereocenters. The summed E-state index contributed by atoms with van der Waals surface area (Å²) in [6, 6.07) is 9.54. The topological polar surface area (TPSA) is 28.2 Å². The first-order valence-corrected chi connectivity index (χ1v) is 7.48. The van der Waals surface area contributed by atoms with E-state index < -0.39 is 0 Å². The van der Waals surface area contributed by atoms with Crippen molar-refractivity contribution < 1.29 is 4.39 Å². The third-order valence-corrected chi connectivity index (χ3v) is 3.80. The standard InChI is InChI=1S/C17H20FN3/c1-2-21(16-6-4-3-5-15(16)18)17-12-19-10-9-13(17)11-20-14-7-8-14/h3-6,9-10,12,14,20H,2,7-8,11H2,1H3. The fraction of sp³-hybridized carbons (Fsp3) is 0.353. The molecule has 1 aliphatic rings. The Hall–Kier alpha value is -1.94. The van der Waals surface area contributed by atoms with Gasteiger partial charge in [-0.15, -0.1) is 0 Å². The predicted octanol–water partition coefficient (Wildman–Crippen LogP) is 3.63. The van der Waals surface area contributed by atoms with Gasteiger partial charge in [-0.05, 0) is 43.5 Å². The van der Waals surface area contributed by atoms with E-state index >= 15 is 0 Å². The van der Waals surface area contributed by atoms with E-state index in [2.05, 4.69) is 10.3 Å². The zero-order valence-corrected chi connectivity index (χ0v) is 12.2. The number of benzene rings is 1. The molecule has 21 heavy (non-hydrogen) atoms. The first-order valence-electron chi connectivity index (χ1n) is 7.48. The number of hydrogen-bond acceptors (Lipinski definition) is 3. The normalized spacial score (nSPS) is 14.2. The number of anilines is 2. The highest BCUT2D eigenvalue weighted by atomic mass is 19.1. The Balaban J connectivity index is 1.91. The maximum Gasteiger partial charge on any atom is 0.146 e. The average Bonchev–Trinajstić information content (AvgIpc) is 3.33. The van der Waals surface area contributed by atoms with Crippen LogP contribution in [0.15, 0.2) is 42.7 Å². The molecular formula is C17H20FN3. The summed E-state index contributed by atoms with van der Waals surface area (Å²) in [5.41, 5.74) is 2.72. The predicted molar refractivity (Wildman–Crippen MR) is 83.2 cm³/mol. The molecule has 1 aromatic heterocycles. The lowest BCUT2D eigenvalue weighted by Crippen LogP contribution is -2.22. The Kier molecular flexibility index (Phi) is 4.15. The highest BCUT2D eigenvalue weighted by Gasteiger charge is 2.21. The second kappa shape index (κ2) is 6.22. The van der Waals surface area contributed by atoms with Crippen molar-refractivity contribution in [2.75, 3.05) is 11.4 Å². The number of aromatic nitrogens is 1. The fourth-order valence-corrected chi connectivity index (χ4v) is 2.49. The Morgan fingerprint density at radius 2 is 2.05 bits per heavy atom. The lowest BCUT2D eigenvalue weighted by molar-refractivity contribution is 0.625. The molecule has 1 aromatic carbocycles. The smallest absolute Gasteiger partial charge is 0.146 e. The quantitative estimate of drug-likeness (QED) is 0.878. The van der Waals surface area contributed by atoms with Crippen LogP contribution < -0.4 is 10.2 Å². The number of para-hydroxylation sites is 1. The lowest BCUT2D eigenvalue weighted by atomic mass is 10.1. The van der Waals surface area contributed by atoms with Gasteiger partial charge in [-0.2, -0.15) is 0 Å². The van der Waals surface area contributed by atoms with Crippen LogP contribution in [0, 0.1) is 5.82 Å². The third kappa shape index (κ3) is 3.22. The van der Waals surface area contributed by atoms with Gasteiger partial charge in [0.05, 0.1) is 17.6 Å². The Morgan fingerprint density at radius 1 is 1.24 bits per heavy atom. The largest absolute Gasteiger partial charge is 0.338 e. The van der Waals surface area contributed by atoms with Crippen LogP contribution in [0.25, 0.3) is 0 Å². The van der Waals surface area contributed by atoms with Crippen molar-refractivity contribution in [3.8, 4) is 0 Å². The first kappa shape index (κ1) is 14.0. The summed E-state index contributed by atoms with van der Waals surface area (Å²) in [4.78, 5) is 6.20. The van der Waals surface area contributed by atoms with Crippen LogP contribution in [-0.4, -0.2) is 17.6 Å². The molecule has 1 saturated carbocycles. The van der Waals surface area contributed by atoms with E-state index in [9.17, 15) is 4.39 Å². The van der Waals surface area contributed by atoms with Crippen LogP contribution in [-0.2, 0) is 6.54 Å². The number of halogens is 1. The summed E-state index contributed by atoms with van der Waals surface area (Å²) in [6.45, 7) is 3.52. The zero-order valence-electron chi connectivity index (χ0n) is 12.2. The van der Waals surface area contributed by atoms with Gasteiger partial charge in [-0.1, -0.05) is 12.1 Å². The van der Waals surface area contributed by atoms with Gasteiger partial charge >= 0.3 is 0 Å². The molecule has 2 aromatic rings. The van der Waals surface area contributed by atoms with Gasteiger partial charge in [0.15, 0.2) is 0 Å². The van der Waals surface area contributed by atoms with Gasteiger partial charge in [-0.25, -0.2) is 4.39 Å². The molecule has 0 aliphatic heterocycles. The van der Waals surface area contributed by atoms with Crippen LogP contribution >= 0.6 is 0 Å². The van der Waals surface area contributed by atoms with Crippen LogP contribution in [0.4, 0.5) is 15.8 Å². The number of nitrogens with one attached hydrogen (secondary N) is 1.